The molecule has 0 aliphatic rings. The molecule has 2 heteroatoms. The summed E-state index contributed by atoms with van der Waals surface area (Å²) < 4.78 is 0. The van der Waals surface area contributed by atoms with Crippen LogP contribution in [0.5, 0.6) is 0 Å². The van der Waals surface area contributed by atoms with Crippen LogP contribution in [0.25, 0.3) is 0 Å². The molecule has 0 aromatic rings. The van der Waals surface area contributed by atoms with Crippen molar-refractivity contribution >= 4 is 5.78 Å². The average molecular weight is 197 g/mol. The highest BCUT2D eigenvalue weighted by Crippen LogP contribution is 2.13. The molecular formula is C12H23NO. The number of carbonyl (C=O) groups excluding carboxylic acids is 1. The maximum Gasteiger partial charge on any atom is 0.136 e. The van der Waals surface area contributed by atoms with Crippen LogP contribution in [0.3, 0.4) is 0 Å². The molecule has 14 heavy (non-hydrogen) atoms. The summed E-state index contributed by atoms with van der Waals surface area (Å²) in [5, 5.41) is 3.34. The summed E-state index contributed by atoms with van der Waals surface area (Å²) in [5.41, 5.74) is 2.29. The Balaban J connectivity index is 4.35. The third-order valence-corrected chi connectivity index (χ3v) is 2.63. The van der Waals surface area contributed by atoms with Crippen molar-refractivity contribution in [1.82, 2.24) is 5.32 Å². The fraction of sp³-hybridized carbons (Fsp3) is 0.750. The number of nitrogens with one attached hydrogen (secondary N) is 1. The van der Waals surface area contributed by atoms with Crippen molar-refractivity contribution in [3.05, 3.63) is 11.3 Å². The maximum atomic E-state index is 11.2. The van der Waals surface area contributed by atoms with Gasteiger partial charge < -0.3 is 5.32 Å². The fourth-order valence-electron chi connectivity index (χ4n) is 1.13. The molecule has 0 radical (unpaired) electrons. The molecule has 0 aliphatic carbocycles. The van der Waals surface area contributed by atoms with Gasteiger partial charge in [0.15, 0.2) is 0 Å². The zero-order chi connectivity index (χ0) is 11.3. The molecule has 0 aromatic carbocycles. The molecule has 0 aliphatic heterocycles. The number of carbonyl (C=O) groups is 1. The molecule has 82 valence electrons. The summed E-state index contributed by atoms with van der Waals surface area (Å²) in [5.74, 6) is 0.897. The number of ketones is 1. The van der Waals surface area contributed by atoms with Gasteiger partial charge in [-0.05, 0) is 32.3 Å². The molecule has 0 spiro atoms. The van der Waals surface area contributed by atoms with E-state index in [4.69, 9.17) is 0 Å². The van der Waals surface area contributed by atoms with Crippen molar-refractivity contribution in [2.45, 2.75) is 41.5 Å². The largest absolute Gasteiger partial charge is 0.388 e. The van der Waals surface area contributed by atoms with Gasteiger partial charge in [0.25, 0.3) is 0 Å². The molecule has 0 fully saturated rings. The standard InChI is InChI=1S/C12H23NO/c1-8(2)7-13-11(5)9(3)10(4)12(6)14/h8,10,13H,7H2,1-6H3/b11-9+. The van der Waals surface area contributed by atoms with Gasteiger partial charge in [-0.2, -0.15) is 0 Å². The van der Waals surface area contributed by atoms with Crippen LogP contribution in [0.2, 0.25) is 0 Å². The summed E-state index contributed by atoms with van der Waals surface area (Å²) >= 11 is 0. The Hall–Kier alpha value is -0.790. The van der Waals surface area contributed by atoms with E-state index in [2.05, 4.69) is 19.2 Å². The van der Waals surface area contributed by atoms with Crippen molar-refractivity contribution in [3.63, 3.8) is 0 Å². The van der Waals surface area contributed by atoms with Crippen LogP contribution < -0.4 is 5.32 Å². The van der Waals surface area contributed by atoms with Crippen LogP contribution in [0.15, 0.2) is 11.3 Å². The summed E-state index contributed by atoms with van der Waals surface area (Å²) in [4.78, 5) is 11.2. The Morgan fingerprint density at radius 3 is 2.00 bits per heavy atom. The van der Waals surface area contributed by atoms with Crippen molar-refractivity contribution in [2.75, 3.05) is 6.54 Å². The van der Waals surface area contributed by atoms with Crippen molar-refractivity contribution in [1.29, 1.82) is 0 Å². The van der Waals surface area contributed by atoms with Gasteiger partial charge in [-0.3, -0.25) is 4.79 Å². The normalized spacial score (nSPS) is 15.1. The minimum absolute atomic E-state index is 0.0367. The van der Waals surface area contributed by atoms with Gasteiger partial charge in [0.1, 0.15) is 5.78 Å². The lowest BCUT2D eigenvalue weighted by atomic mass is 9.97. The van der Waals surface area contributed by atoms with Gasteiger partial charge in [-0.1, -0.05) is 20.8 Å². The second-order valence-corrected chi connectivity index (χ2v) is 4.42. The molecule has 0 rings (SSSR count). The Morgan fingerprint density at radius 1 is 1.14 bits per heavy atom. The number of hydrogen-bond donors (Lipinski definition) is 1. The van der Waals surface area contributed by atoms with Crippen LogP contribution in [0.1, 0.15) is 41.5 Å². The Labute approximate surface area is 87.8 Å². The first-order chi connectivity index (χ1) is 6.36. The molecule has 0 aromatic heterocycles. The lowest BCUT2D eigenvalue weighted by molar-refractivity contribution is -0.119. The van der Waals surface area contributed by atoms with Crippen LogP contribution >= 0.6 is 0 Å². The zero-order valence-corrected chi connectivity index (χ0v) is 10.3. The predicted octanol–water partition coefficient (Wildman–Crippen LogP) is 2.75. The molecule has 0 saturated carbocycles. The Morgan fingerprint density at radius 2 is 1.64 bits per heavy atom. The SMILES string of the molecule is CC(=O)C(C)/C(C)=C(\C)NCC(C)C. The summed E-state index contributed by atoms with van der Waals surface area (Å²) in [6.07, 6.45) is 0. The second-order valence-electron chi connectivity index (χ2n) is 4.42. The molecular weight excluding hydrogens is 174 g/mol. The van der Waals surface area contributed by atoms with E-state index in [0.29, 0.717) is 5.92 Å². The molecule has 0 bridgehead atoms. The third-order valence-electron chi connectivity index (χ3n) is 2.63. The average Bonchev–Trinajstić information content (AvgIpc) is 2.11. The van der Waals surface area contributed by atoms with Crippen LogP contribution in [-0.4, -0.2) is 12.3 Å². The minimum Gasteiger partial charge on any atom is -0.388 e. The van der Waals surface area contributed by atoms with E-state index in [1.807, 2.05) is 20.8 Å². The van der Waals surface area contributed by atoms with Crippen LogP contribution in [0, 0.1) is 11.8 Å². The van der Waals surface area contributed by atoms with Crippen LogP contribution in [0.4, 0.5) is 0 Å². The number of allylic oxidation sites excluding steroid dienone is 2. The smallest absolute Gasteiger partial charge is 0.136 e. The molecule has 0 saturated heterocycles. The molecule has 1 atom stereocenters. The lowest BCUT2D eigenvalue weighted by Gasteiger charge is -2.16. The highest BCUT2D eigenvalue weighted by Gasteiger charge is 2.11. The predicted molar refractivity (Wildman–Crippen MR) is 61.1 cm³/mol. The first kappa shape index (κ1) is 13.2. The highest BCUT2D eigenvalue weighted by molar-refractivity contribution is 5.80. The second kappa shape index (κ2) is 5.84. The topological polar surface area (TPSA) is 29.1 Å². The first-order valence-corrected chi connectivity index (χ1v) is 5.28. The summed E-state index contributed by atoms with van der Waals surface area (Å²) in [6.45, 7) is 13.0. The van der Waals surface area contributed by atoms with E-state index in [1.54, 1.807) is 6.92 Å². The highest BCUT2D eigenvalue weighted by atomic mass is 16.1. The molecule has 0 amide bonds. The maximum absolute atomic E-state index is 11.2. The Kier molecular flexibility index (Phi) is 5.51. The first-order valence-electron chi connectivity index (χ1n) is 5.28. The monoisotopic (exact) mass is 197 g/mol. The van der Waals surface area contributed by atoms with Gasteiger partial charge in [0.2, 0.25) is 0 Å². The zero-order valence-electron chi connectivity index (χ0n) is 10.3. The molecule has 2 nitrogen and oxygen atoms in total. The van der Waals surface area contributed by atoms with E-state index < -0.39 is 0 Å². The van der Waals surface area contributed by atoms with E-state index in [-0.39, 0.29) is 11.7 Å². The van der Waals surface area contributed by atoms with Crippen molar-refractivity contribution in [2.24, 2.45) is 11.8 Å². The quantitative estimate of drug-likeness (QED) is 0.734. The van der Waals surface area contributed by atoms with Gasteiger partial charge in [0, 0.05) is 18.2 Å². The van der Waals surface area contributed by atoms with E-state index >= 15 is 0 Å². The van der Waals surface area contributed by atoms with Crippen molar-refractivity contribution < 1.29 is 4.79 Å². The van der Waals surface area contributed by atoms with E-state index in [1.165, 1.54) is 0 Å². The van der Waals surface area contributed by atoms with Gasteiger partial charge >= 0.3 is 0 Å². The Bertz CT molecular complexity index is 228. The molecule has 1 N–H and O–H groups in total. The van der Waals surface area contributed by atoms with Gasteiger partial charge in [-0.15, -0.1) is 0 Å². The van der Waals surface area contributed by atoms with Crippen LogP contribution in [-0.2, 0) is 4.79 Å². The third kappa shape index (κ3) is 4.45. The van der Waals surface area contributed by atoms with Gasteiger partial charge in [0.05, 0.1) is 0 Å². The number of hydrogen-bond acceptors (Lipinski definition) is 2. The summed E-state index contributed by atoms with van der Waals surface area (Å²) in [6, 6.07) is 0. The van der Waals surface area contributed by atoms with E-state index in [9.17, 15) is 4.79 Å². The fourth-order valence-corrected chi connectivity index (χ4v) is 1.13. The number of rotatable bonds is 5. The minimum atomic E-state index is 0.0367. The molecule has 1 unspecified atom stereocenters. The van der Waals surface area contributed by atoms with E-state index in [0.717, 1.165) is 17.8 Å². The lowest BCUT2D eigenvalue weighted by Crippen LogP contribution is -2.21. The summed E-state index contributed by atoms with van der Waals surface area (Å²) in [7, 11) is 0. The van der Waals surface area contributed by atoms with Gasteiger partial charge in [-0.25, -0.2) is 0 Å². The number of Topliss-reactive ketones (excluding diaryl/α,β-unsaturated/α-hetero) is 1. The molecule has 0 heterocycles. The van der Waals surface area contributed by atoms with Crippen molar-refractivity contribution in [3.8, 4) is 0 Å².